The van der Waals surface area contributed by atoms with E-state index < -0.39 is 12.1 Å². The second kappa shape index (κ2) is 11.0. The highest BCUT2D eigenvalue weighted by atomic mass is 16.5. The predicted octanol–water partition coefficient (Wildman–Crippen LogP) is 3.08. The Hall–Kier alpha value is -4.33. The third-order valence-electron chi connectivity index (χ3n) is 5.36. The summed E-state index contributed by atoms with van der Waals surface area (Å²) in [6, 6.07) is 19.3. The molecule has 1 atom stereocenters. The Morgan fingerprint density at radius 2 is 1.50 bits per heavy atom. The van der Waals surface area contributed by atoms with Crippen molar-refractivity contribution in [2.75, 3.05) is 14.2 Å². The first-order valence-electron chi connectivity index (χ1n) is 10.6. The van der Waals surface area contributed by atoms with E-state index in [1.165, 1.54) is 14.2 Å². The van der Waals surface area contributed by atoms with Crippen molar-refractivity contribution in [1.29, 1.82) is 5.41 Å². The van der Waals surface area contributed by atoms with Crippen LogP contribution in [0.5, 0.6) is 11.5 Å². The fraction of sp³-hybridized carbons (Fsp3) is 0.192. The van der Waals surface area contributed by atoms with E-state index in [1.54, 1.807) is 36.4 Å². The first-order chi connectivity index (χ1) is 16.3. The molecule has 1 unspecified atom stereocenters. The summed E-state index contributed by atoms with van der Waals surface area (Å²) in [5.74, 6) is 0.352. The van der Waals surface area contributed by atoms with E-state index in [0.717, 1.165) is 16.7 Å². The summed E-state index contributed by atoms with van der Waals surface area (Å²) in [7, 11) is 3.05. The molecule has 0 spiro atoms. The fourth-order valence-electron chi connectivity index (χ4n) is 3.48. The van der Waals surface area contributed by atoms with Gasteiger partial charge in [0.05, 0.1) is 20.6 Å². The Morgan fingerprint density at radius 1 is 0.912 bits per heavy atom. The summed E-state index contributed by atoms with van der Waals surface area (Å²) in [4.78, 5) is 25.9. The molecule has 3 aromatic rings. The van der Waals surface area contributed by atoms with Crippen LogP contribution in [-0.2, 0) is 11.2 Å². The van der Waals surface area contributed by atoms with Gasteiger partial charge in [-0.2, -0.15) is 0 Å². The quantitative estimate of drug-likeness (QED) is 0.222. The van der Waals surface area contributed by atoms with Crippen LogP contribution in [0.1, 0.15) is 38.8 Å². The Balaban J connectivity index is 1.80. The molecule has 0 aliphatic heterocycles. The first kappa shape index (κ1) is 24.3. The Kier molecular flexibility index (Phi) is 7.87. The first-order valence-corrected chi connectivity index (χ1v) is 10.6. The van der Waals surface area contributed by atoms with E-state index in [1.807, 2.05) is 37.3 Å². The van der Waals surface area contributed by atoms with Crippen molar-refractivity contribution in [1.82, 2.24) is 10.6 Å². The van der Waals surface area contributed by atoms with Crippen LogP contribution in [0.2, 0.25) is 0 Å². The predicted molar refractivity (Wildman–Crippen MR) is 130 cm³/mol. The molecule has 0 saturated heterocycles. The standard InChI is InChI=1S/C26H28N4O4/c1-16-21(33-2)14-20(15-22(16)34-3)26(32)30-25(19-7-5-4-6-8-19)29-23(31)13-17-9-11-18(12-10-17)24(27)28/h4-12,14-15,25H,13H2,1-3H3,(H3,27,28)(H,29,31)(H,30,32). The van der Waals surface area contributed by atoms with E-state index in [4.69, 9.17) is 20.6 Å². The number of ether oxygens (including phenoxy) is 2. The maximum atomic E-state index is 13.1. The second-order valence-electron chi connectivity index (χ2n) is 7.68. The van der Waals surface area contributed by atoms with Crippen molar-refractivity contribution in [3.05, 3.63) is 94.5 Å². The van der Waals surface area contributed by atoms with E-state index in [0.29, 0.717) is 22.6 Å². The molecule has 8 nitrogen and oxygen atoms in total. The SMILES string of the molecule is COc1cc(C(=O)NC(NC(=O)Cc2ccc(C(=N)N)cc2)c2ccccc2)cc(OC)c1C. The van der Waals surface area contributed by atoms with Gasteiger partial charge in [0.25, 0.3) is 5.91 Å². The Morgan fingerprint density at radius 3 is 2.03 bits per heavy atom. The van der Waals surface area contributed by atoms with Crippen molar-refractivity contribution >= 4 is 17.6 Å². The smallest absolute Gasteiger partial charge is 0.253 e. The van der Waals surface area contributed by atoms with Crippen LogP contribution in [0.4, 0.5) is 0 Å². The molecule has 0 heterocycles. The average molecular weight is 461 g/mol. The molecule has 3 rings (SSSR count). The molecule has 3 aromatic carbocycles. The van der Waals surface area contributed by atoms with Crippen LogP contribution in [0, 0.1) is 12.3 Å². The number of nitrogens with one attached hydrogen (secondary N) is 3. The number of carbonyl (C=O) groups excluding carboxylic acids is 2. The normalized spacial score (nSPS) is 11.3. The van der Waals surface area contributed by atoms with Gasteiger partial charge in [-0.05, 0) is 30.2 Å². The number of amides is 2. The lowest BCUT2D eigenvalue weighted by atomic mass is 10.1. The van der Waals surface area contributed by atoms with Gasteiger partial charge < -0.3 is 25.8 Å². The summed E-state index contributed by atoms with van der Waals surface area (Å²) in [5.41, 5.74) is 8.67. The maximum Gasteiger partial charge on any atom is 0.253 e. The highest BCUT2D eigenvalue weighted by Gasteiger charge is 2.20. The Bertz CT molecular complexity index is 1150. The summed E-state index contributed by atoms with van der Waals surface area (Å²) < 4.78 is 10.7. The third-order valence-corrected chi connectivity index (χ3v) is 5.36. The molecular formula is C26H28N4O4. The van der Waals surface area contributed by atoms with Crippen molar-refractivity contribution < 1.29 is 19.1 Å². The van der Waals surface area contributed by atoms with E-state index >= 15 is 0 Å². The van der Waals surface area contributed by atoms with Gasteiger partial charge in [-0.25, -0.2) is 0 Å². The third kappa shape index (κ3) is 5.92. The number of nitrogen functional groups attached to an aromatic ring is 1. The maximum absolute atomic E-state index is 13.1. The minimum atomic E-state index is -0.754. The molecule has 0 bridgehead atoms. The largest absolute Gasteiger partial charge is 0.496 e. The summed E-state index contributed by atoms with van der Waals surface area (Å²) >= 11 is 0. The number of hydrogen-bond acceptors (Lipinski definition) is 5. The lowest BCUT2D eigenvalue weighted by Gasteiger charge is -2.21. The van der Waals surface area contributed by atoms with Crippen LogP contribution in [0.15, 0.2) is 66.7 Å². The molecule has 0 fully saturated rings. The highest BCUT2D eigenvalue weighted by molar-refractivity contribution is 5.96. The number of amidine groups is 1. The van der Waals surface area contributed by atoms with Crippen molar-refractivity contribution in [2.45, 2.75) is 19.5 Å². The number of methoxy groups -OCH3 is 2. The molecule has 0 aliphatic carbocycles. The summed E-state index contributed by atoms with van der Waals surface area (Å²) in [6.45, 7) is 1.84. The molecule has 0 saturated carbocycles. The zero-order valence-electron chi connectivity index (χ0n) is 19.3. The number of nitrogens with two attached hydrogens (primary N) is 1. The van der Waals surface area contributed by atoms with E-state index in [9.17, 15) is 9.59 Å². The molecule has 8 heteroatoms. The van der Waals surface area contributed by atoms with Crippen LogP contribution < -0.4 is 25.8 Å². The van der Waals surface area contributed by atoms with Crippen LogP contribution in [0.25, 0.3) is 0 Å². The Labute approximate surface area is 198 Å². The summed E-state index contributed by atoms with van der Waals surface area (Å²) in [6.07, 6.45) is -0.653. The monoisotopic (exact) mass is 460 g/mol. The lowest BCUT2D eigenvalue weighted by Crippen LogP contribution is -2.41. The van der Waals surface area contributed by atoms with Gasteiger partial charge in [0.15, 0.2) is 0 Å². The number of benzene rings is 3. The number of rotatable bonds is 9. The molecule has 0 aromatic heterocycles. The molecule has 34 heavy (non-hydrogen) atoms. The average Bonchev–Trinajstić information content (AvgIpc) is 2.84. The van der Waals surface area contributed by atoms with Gasteiger partial charge in [0.2, 0.25) is 5.91 Å². The molecular weight excluding hydrogens is 432 g/mol. The van der Waals surface area contributed by atoms with Gasteiger partial charge in [0.1, 0.15) is 23.5 Å². The van der Waals surface area contributed by atoms with Crippen LogP contribution >= 0.6 is 0 Å². The molecule has 0 radical (unpaired) electrons. The molecule has 5 N–H and O–H groups in total. The number of carbonyl (C=O) groups is 2. The van der Waals surface area contributed by atoms with Gasteiger partial charge in [-0.1, -0.05) is 54.6 Å². The van der Waals surface area contributed by atoms with Gasteiger partial charge in [-0.3, -0.25) is 15.0 Å². The highest BCUT2D eigenvalue weighted by Crippen LogP contribution is 2.29. The molecule has 0 aliphatic rings. The van der Waals surface area contributed by atoms with Crippen LogP contribution in [0.3, 0.4) is 0 Å². The van der Waals surface area contributed by atoms with Crippen molar-refractivity contribution in [3.63, 3.8) is 0 Å². The molecule has 176 valence electrons. The minimum Gasteiger partial charge on any atom is -0.496 e. The van der Waals surface area contributed by atoms with Gasteiger partial charge in [-0.15, -0.1) is 0 Å². The van der Waals surface area contributed by atoms with Gasteiger partial charge in [0, 0.05) is 16.7 Å². The van der Waals surface area contributed by atoms with E-state index in [2.05, 4.69) is 10.6 Å². The zero-order chi connectivity index (χ0) is 24.7. The zero-order valence-corrected chi connectivity index (χ0v) is 19.3. The number of hydrogen-bond donors (Lipinski definition) is 4. The topological polar surface area (TPSA) is 127 Å². The van der Waals surface area contributed by atoms with Crippen molar-refractivity contribution in [2.24, 2.45) is 5.73 Å². The second-order valence-corrected chi connectivity index (χ2v) is 7.68. The van der Waals surface area contributed by atoms with Crippen LogP contribution in [-0.4, -0.2) is 31.9 Å². The lowest BCUT2D eigenvalue weighted by molar-refractivity contribution is -0.121. The summed E-state index contributed by atoms with van der Waals surface area (Å²) in [5, 5.41) is 13.3. The fourth-order valence-corrected chi connectivity index (χ4v) is 3.48. The van der Waals surface area contributed by atoms with Gasteiger partial charge >= 0.3 is 0 Å². The minimum absolute atomic E-state index is 0.0350. The molecule has 2 amide bonds. The van der Waals surface area contributed by atoms with Crippen molar-refractivity contribution in [3.8, 4) is 11.5 Å². The van der Waals surface area contributed by atoms with E-state index in [-0.39, 0.29) is 18.2 Å².